The summed E-state index contributed by atoms with van der Waals surface area (Å²) in [5, 5.41) is 31.0. The van der Waals surface area contributed by atoms with Crippen LogP contribution in [-0.4, -0.2) is 205 Å². The third-order valence-corrected chi connectivity index (χ3v) is 40.0. The Kier molecular flexibility index (Phi) is 35.5. The molecular weight excluding hydrogens is 1850 g/mol. The average molecular weight is 2020 g/mol. The third kappa shape index (κ3) is 25.7. The Hall–Kier alpha value is -6.00. The quantitative estimate of drug-likeness (QED) is 0.0271. The Morgan fingerprint density at radius 3 is 1.11 bits per heavy atom. The summed E-state index contributed by atoms with van der Waals surface area (Å²) < 4.78 is 122. The molecule has 0 aromatic carbocycles. The molecule has 0 amide bonds. The lowest BCUT2D eigenvalue weighted by Crippen LogP contribution is -2.67. The van der Waals surface area contributed by atoms with Gasteiger partial charge in [0.15, 0.2) is 0 Å². The number of carbonyl (C=O) groups excluding carboxylic acids is 10. The van der Waals surface area contributed by atoms with Crippen LogP contribution in [0.3, 0.4) is 0 Å². The van der Waals surface area contributed by atoms with Gasteiger partial charge in [-0.1, -0.05) is 75.7 Å². The van der Waals surface area contributed by atoms with Crippen LogP contribution in [0.5, 0.6) is 0 Å². The van der Waals surface area contributed by atoms with Gasteiger partial charge in [0.05, 0.1) is 71.8 Å². The molecule has 20 aliphatic rings. The molecule has 15 atom stereocenters. The maximum absolute atomic E-state index is 12.8. The van der Waals surface area contributed by atoms with Crippen molar-refractivity contribution in [2.75, 3.05) is 33.0 Å². The van der Waals surface area contributed by atoms with Gasteiger partial charge in [-0.25, -0.2) is 14.4 Å². The zero-order chi connectivity index (χ0) is 104. The van der Waals surface area contributed by atoms with Crippen molar-refractivity contribution in [3.05, 3.63) is 0 Å². The van der Waals surface area contributed by atoms with Crippen molar-refractivity contribution in [1.82, 2.24) is 0 Å². The van der Waals surface area contributed by atoms with Gasteiger partial charge in [-0.15, -0.1) is 0 Å². The Labute approximate surface area is 834 Å². The molecule has 800 valence electrons. The van der Waals surface area contributed by atoms with E-state index in [0.29, 0.717) is 113 Å². The molecule has 0 aromatic heterocycles. The highest BCUT2D eigenvalue weighted by atomic mass is 32.2. The first-order valence-electron chi connectivity index (χ1n) is 53.2. The van der Waals surface area contributed by atoms with Gasteiger partial charge in [-0.05, 0) is 330 Å². The standard InChI is InChI=1S/C19H32O2.2C16H24O8S.C16H26O4.C16H26O3.C14H26O2.C10H16O4/c1-6-18(4,5)17(20)21-19(12(2)3)15-8-13-7-14(10-15)11-16(19)9-13;2*1-4-16(2,3)14(17)21-5-6-22-15(18)23-12-9-7-10-11(8-9)25(19,20)24-13(10)12;1-4-13(2,3)12(17)20-16-7-11-5-14(18,9-16)8-15(19,6-11)10-16;1-4-14(2,3)13(17)19-16-8-11-5-12(9-16)7-15(18,6-11)10-16;1-5-13(3,4)12(15)16-14(6-2)10-8-7-9-11-14;1-4-10(2,3)9(12)14-7-5-6-13-8(7)11/h12-16H,6-11H2,1-5H3;2*9-13H,4-8H2,1-3H3;11,18-19H,4-10H2,1-3H3;11-12,18H,4-10H2,1-3H3;5-11H2,1-4H3;7H,4-6H2,1-3H3. The number of carbonyl (C=O) groups is 10. The zero-order valence-corrected chi connectivity index (χ0v) is 90.5. The number of aliphatic hydroxyl groups is 3. The smallest absolute Gasteiger partial charge is 0.463 e. The minimum Gasteiger partial charge on any atom is -0.463 e. The molecular formula is C107H174O31S2. The van der Waals surface area contributed by atoms with Gasteiger partial charge in [0.1, 0.15) is 73.2 Å². The fourth-order valence-corrected chi connectivity index (χ4v) is 29.7. The molecule has 0 radical (unpaired) electrons. The summed E-state index contributed by atoms with van der Waals surface area (Å²) in [5.74, 6) is 2.97. The van der Waals surface area contributed by atoms with E-state index in [1.54, 1.807) is 41.5 Å². The van der Waals surface area contributed by atoms with Crippen molar-refractivity contribution in [1.29, 1.82) is 0 Å². The normalized spacial score (nSPS) is 35.9. The first-order valence-corrected chi connectivity index (χ1v) is 56.2. The van der Waals surface area contributed by atoms with Crippen LogP contribution < -0.4 is 0 Å². The van der Waals surface area contributed by atoms with E-state index in [-0.39, 0.29) is 125 Å². The molecule has 3 N–H and O–H groups in total. The number of fused-ring (bicyclic) bond motifs is 2. The number of hydrogen-bond donors (Lipinski definition) is 3. The maximum Gasteiger partial charge on any atom is 0.508 e. The van der Waals surface area contributed by atoms with Crippen LogP contribution in [-0.2, 0) is 124 Å². The maximum atomic E-state index is 12.8. The highest BCUT2D eigenvalue weighted by molar-refractivity contribution is 7.88. The fraction of sp³-hybridized carbons (Fsp3) is 0.907. The number of esters is 8. The molecule has 17 aliphatic carbocycles. The minimum absolute atomic E-state index is 0.00648. The molecule has 33 heteroatoms. The second-order valence-electron chi connectivity index (χ2n) is 50.1. The van der Waals surface area contributed by atoms with Crippen molar-refractivity contribution < 1.29 is 145 Å². The molecule has 0 spiro atoms. The van der Waals surface area contributed by atoms with Gasteiger partial charge in [0, 0.05) is 55.8 Å². The van der Waals surface area contributed by atoms with Gasteiger partial charge >= 0.3 is 60.1 Å². The molecule has 0 aromatic rings. The summed E-state index contributed by atoms with van der Waals surface area (Å²) in [6.45, 7) is 46.9. The minimum atomic E-state index is -3.54. The summed E-state index contributed by atoms with van der Waals surface area (Å²) >= 11 is 0. The summed E-state index contributed by atoms with van der Waals surface area (Å²) in [4.78, 5) is 119. The molecule has 31 nitrogen and oxygen atoms in total. The van der Waals surface area contributed by atoms with E-state index < -0.39 is 129 Å². The highest BCUT2D eigenvalue weighted by Crippen LogP contribution is 2.65. The largest absolute Gasteiger partial charge is 0.508 e. The lowest BCUT2D eigenvalue weighted by atomic mass is 9.47. The lowest BCUT2D eigenvalue weighted by Gasteiger charge is -2.62. The van der Waals surface area contributed by atoms with E-state index >= 15 is 0 Å². The van der Waals surface area contributed by atoms with Crippen molar-refractivity contribution in [3.8, 4) is 0 Å². The fourth-order valence-electron chi connectivity index (χ4n) is 26.0. The summed E-state index contributed by atoms with van der Waals surface area (Å²) in [6, 6.07) is 0. The second kappa shape index (κ2) is 43.4. The van der Waals surface area contributed by atoms with Crippen molar-refractivity contribution in [2.24, 2.45) is 109 Å². The van der Waals surface area contributed by atoms with Crippen LogP contribution in [0.25, 0.3) is 0 Å². The molecule has 16 bridgehead atoms. The Bertz CT molecular complexity index is 4450. The molecule has 140 heavy (non-hydrogen) atoms. The molecule has 3 heterocycles. The van der Waals surface area contributed by atoms with Crippen molar-refractivity contribution in [3.63, 3.8) is 0 Å². The van der Waals surface area contributed by atoms with E-state index in [1.165, 1.54) is 57.8 Å². The topological polar surface area (TPSA) is 429 Å². The van der Waals surface area contributed by atoms with Gasteiger partial charge in [-0.3, -0.25) is 41.9 Å². The van der Waals surface area contributed by atoms with Crippen LogP contribution in [0.4, 0.5) is 9.59 Å². The summed E-state index contributed by atoms with van der Waals surface area (Å²) in [5.41, 5.74) is -6.85. The van der Waals surface area contributed by atoms with Crippen molar-refractivity contribution in [2.45, 2.75) is 471 Å². The first kappa shape index (κ1) is 114. The van der Waals surface area contributed by atoms with E-state index in [2.05, 4.69) is 27.7 Å². The second-order valence-corrected chi connectivity index (χ2v) is 53.7. The molecule has 3 saturated heterocycles. The molecule has 20 rings (SSSR count). The molecule has 3 aliphatic heterocycles. The van der Waals surface area contributed by atoms with Crippen molar-refractivity contribution >= 4 is 80.3 Å². The van der Waals surface area contributed by atoms with Crippen LogP contribution in [0.1, 0.15) is 391 Å². The van der Waals surface area contributed by atoms with E-state index in [1.807, 2.05) is 96.9 Å². The van der Waals surface area contributed by atoms with Crippen LogP contribution in [0.2, 0.25) is 0 Å². The van der Waals surface area contributed by atoms with Crippen LogP contribution in [0, 0.1) is 109 Å². The predicted octanol–water partition coefficient (Wildman–Crippen LogP) is 18.6. The number of ether oxygens (including phenoxy) is 12. The average Bonchev–Trinajstić information content (AvgIpc) is 1.64. The summed E-state index contributed by atoms with van der Waals surface area (Å²) in [6.07, 6.45) is 25.8. The van der Waals surface area contributed by atoms with Crippen LogP contribution in [0.15, 0.2) is 0 Å². The Balaban J connectivity index is 0.000000157. The first-order chi connectivity index (χ1) is 64.9. The Morgan fingerprint density at radius 1 is 0.386 bits per heavy atom. The van der Waals surface area contributed by atoms with Gasteiger partial charge < -0.3 is 72.2 Å². The molecule has 20 fully saturated rings. The number of rotatable bonds is 29. The van der Waals surface area contributed by atoms with Crippen LogP contribution >= 0.6 is 0 Å². The molecule has 17 saturated carbocycles. The highest BCUT2D eigenvalue weighted by Gasteiger charge is 2.70. The van der Waals surface area contributed by atoms with E-state index in [9.17, 15) is 80.1 Å². The van der Waals surface area contributed by atoms with Gasteiger partial charge in [-0.2, -0.15) is 16.8 Å². The lowest BCUT2D eigenvalue weighted by molar-refractivity contribution is -0.264. The third-order valence-electron chi connectivity index (χ3n) is 36.4. The van der Waals surface area contributed by atoms with Gasteiger partial charge in [0.25, 0.3) is 20.2 Å². The SMILES string of the molecule is CCC(C)(C)C(=O)OC1(C(C)C)C2CC3CC(C2)CC1C3.CCC(C)(C)C(=O)OC12CC3CC(CC(O)(C3)C1)C2.CCC(C)(C)C(=O)OC12CC3CC(O)(CC(O)(C3)C1)C2.CCC(C)(C)C(=O)OC1CCOC1=O.CCC(C)(C)C(=O)OCCOC(=O)OC1C2CC3C1OS(=O)(=O)C3C2.CCC(C)(C)C(=O)OCCOC(=O)OC1C2CC3C1OS(=O)(=O)C3C2.CCC1(OC(=O)C(C)(C)CC)CCCCC1. The zero-order valence-electron chi connectivity index (χ0n) is 88.8. The monoisotopic (exact) mass is 2020 g/mol. The van der Waals surface area contributed by atoms with E-state index in [0.717, 1.165) is 102 Å². The summed E-state index contributed by atoms with van der Waals surface area (Å²) in [7, 11) is -7.07. The predicted molar refractivity (Wildman–Crippen MR) is 517 cm³/mol. The molecule has 15 unspecified atom stereocenters. The van der Waals surface area contributed by atoms with E-state index in [4.69, 9.17) is 65.2 Å². The number of cyclic esters (lactones) is 1. The Morgan fingerprint density at radius 2 is 0.736 bits per heavy atom. The number of hydrogen-bond acceptors (Lipinski definition) is 31. The van der Waals surface area contributed by atoms with Gasteiger partial charge in [0.2, 0.25) is 6.10 Å².